The molecular formula is C19H18ClF3N2O4. The van der Waals surface area contributed by atoms with Gasteiger partial charge in [0.05, 0.1) is 22.9 Å². The van der Waals surface area contributed by atoms with Gasteiger partial charge in [0.15, 0.2) is 5.75 Å². The molecule has 10 heteroatoms. The molecule has 0 heterocycles. The molecule has 0 atom stereocenters. The van der Waals surface area contributed by atoms with Crippen LogP contribution in [0.5, 0.6) is 5.75 Å². The molecule has 0 aliphatic carbocycles. The number of hydrogen-bond acceptors (Lipinski definition) is 5. The fourth-order valence-corrected chi connectivity index (χ4v) is 2.39. The fourth-order valence-electron chi connectivity index (χ4n) is 2.24. The summed E-state index contributed by atoms with van der Waals surface area (Å²) >= 11 is 6.01. The number of carbonyl (C=O) groups is 1. The largest absolute Gasteiger partial charge is 0.448 e. The SMILES string of the molecule is CCOC(=O)NOc1cc(/C(C)=N/OCc2ccccc2C(F)(F)F)ccc1Cl. The third kappa shape index (κ3) is 6.56. The van der Waals surface area contributed by atoms with Crippen LogP contribution in [-0.2, 0) is 22.4 Å². The number of oxime groups is 1. The number of hydrogen-bond donors (Lipinski definition) is 1. The first-order valence-electron chi connectivity index (χ1n) is 8.43. The van der Waals surface area contributed by atoms with E-state index in [1.54, 1.807) is 19.9 Å². The molecular weight excluding hydrogens is 413 g/mol. The number of carbonyl (C=O) groups excluding carboxylic acids is 1. The van der Waals surface area contributed by atoms with Crippen LogP contribution < -0.4 is 10.3 Å². The molecule has 156 valence electrons. The van der Waals surface area contributed by atoms with Crippen molar-refractivity contribution in [3.8, 4) is 5.75 Å². The van der Waals surface area contributed by atoms with Crippen molar-refractivity contribution in [1.29, 1.82) is 0 Å². The van der Waals surface area contributed by atoms with E-state index in [9.17, 15) is 18.0 Å². The van der Waals surface area contributed by atoms with Crippen molar-refractivity contribution in [1.82, 2.24) is 5.48 Å². The Bertz CT molecular complexity index is 888. The first-order valence-corrected chi connectivity index (χ1v) is 8.81. The zero-order chi connectivity index (χ0) is 21.4. The Hall–Kier alpha value is -2.94. The van der Waals surface area contributed by atoms with Crippen molar-refractivity contribution >= 4 is 23.4 Å². The molecule has 0 spiro atoms. The lowest BCUT2D eigenvalue weighted by molar-refractivity contribution is -0.138. The standard InChI is InChI=1S/C19H18ClF3N2O4/c1-3-27-18(26)25-29-17-10-13(8-9-16(17)20)12(2)24-28-11-14-6-4-5-7-15(14)19(21,22)23/h4-10H,3,11H2,1-2H3,(H,25,26)/b24-12+. The van der Waals surface area contributed by atoms with Crippen molar-refractivity contribution in [3.05, 3.63) is 64.2 Å². The summed E-state index contributed by atoms with van der Waals surface area (Å²) in [5.74, 6) is 0.134. The number of rotatable bonds is 7. The van der Waals surface area contributed by atoms with Gasteiger partial charge in [0.1, 0.15) is 6.61 Å². The minimum atomic E-state index is -4.48. The van der Waals surface area contributed by atoms with Gasteiger partial charge in [-0.2, -0.15) is 18.7 Å². The summed E-state index contributed by atoms with van der Waals surface area (Å²) in [6.07, 6.45) is -5.27. The van der Waals surface area contributed by atoms with Crippen LogP contribution >= 0.6 is 11.6 Å². The van der Waals surface area contributed by atoms with Crippen LogP contribution in [0.4, 0.5) is 18.0 Å². The van der Waals surface area contributed by atoms with Gasteiger partial charge in [0, 0.05) is 11.1 Å². The van der Waals surface area contributed by atoms with E-state index in [1.165, 1.54) is 30.3 Å². The monoisotopic (exact) mass is 430 g/mol. The molecule has 0 bridgehead atoms. The maximum atomic E-state index is 13.0. The Morgan fingerprint density at radius 2 is 1.93 bits per heavy atom. The van der Waals surface area contributed by atoms with Gasteiger partial charge in [-0.05, 0) is 32.0 Å². The molecule has 1 amide bonds. The summed E-state index contributed by atoms with van der Waals surface area (Å²) in [7, 11) is 0. The van der Waals surface area contributed by atoms with Crippen molar-refractivity contribution in [2.75, 3.05) is 6.61 Å². The second-order valence-electron chi connectivity index (χ2n) is 5.67. The second kappa shape index (κ2) is 10.0. The van der Waals surface area contributed by atoms with Gasteiger partial charge in [-0.1, -0.05) is 41.0 Å². The zero-order valence-electron chi connectivity index (χ0n) is 15.5. The molecule has 2 aromatic rings. The average Bonchev–Trinajstić information content (AvgIpc) is 2.67. The van der Waals surface area contributed by atoms with Gasteiger partial charge >= 0.3 is 12.3 Å². The van der Waals surface area contributed by atoms with E-state index < -0.39 is 17.8 Å². The predicted molar refractivity (Wildman–Crippen MR) is 101 cm³/mol. The van der Waals surface area contributed by atoms with Crippen LogP contribution in [0.1, 0.15) is 30.5 Å². The van der Waals surface area contributed by atoms with Crippen LogP contribution in [-0.4, -0.2) is 18.4 Å². The lowest BCUT2D eigenvalue weighted by atomic mass is 10.1. The Balaban J connectivity index is 2.07. The highest BCUT2D eigenvalue weighted by Crippen LogP contribution is 2.32. The molecule has 0 fully saturated rings. The number of amides is 1. The Morgan fingerprint density at radius 3 is 2.62 bits per heavy atom. The van der Waals surface area contributed by atoms with Crippen molar-refractivity contribution in [3.63, 3.8) is 0 Å². The van der Waals surface area contributed by atoms with Crippen molar-refractivity contribution in [2.24, 2.45) is 5.16 Å². The van der Waals surface area contributed by atoms with Gasteiger partial charge in [0.25, 0.3) is 0 Å². The van der Waals surface area contributed by atoms with Gasteiger partial charge in [0.2, 0.25) is 0 Å². The number of alkyl halides is 3. The van der Waals surface area contributed by atoms with Crippen molar-refractivity contribution < 1.29 is 32.4 Å². The topological polar surface area (TPSA) is 69.2 Å². The van der Waals surface area contributed by atoms with Crippen LogP contribution in [0.3, 0.4) is 0 Å². The number of hydroxylamine groups is 1. The number of nitrogens with one attached hydrogen (secondary N) is 1. The number of ether oxygens (including phenoxy) is 1. The van der Waals surface area contributed by atoms with Gasteiger partial charge in [-0.15, -0.1) is 0 Å². The highest BCUT2D eigenvalue weighted by molar-refractivity contribution is 6.32. The lowest BCUT2D eigenvalue weighted by Gasteiger charge is -2.12. The molecule has 0 radical (unpaired) electrons. The van der Waals surface area contributed by atoms with Crippen molar-refractivity contribution in [2.45, 2.75) is 26.6 Å². The molecule has 2 rings (SSSR count). The first kappa shape index (κ1) is 22.4. The summed E-state index contributed by atoms with van der Waals surface area (Å²) < 4.78 is 43.7. The van der Waals surface area contributed by atoms with E-state index in [4.69, 9.17) is 21.3 Å². The van der Waals surface area contributed by atoms with E-state index >= 15 is 0 Å². The van der Waals surface area contributed by atoms with E-state index in [1.807, 2.05) is 0 Å². The second-order valence-corrected chi connectivity index (χ2v) is 6.08. The maximum absolute atomic E-state index is 13.0. The molecule has 6 nitrogen and oxygen atoms in total. The number of benzene rings is 2. The van der Waals surface area contributed by atoms with Crippen LogP contribution in [0.25, 0.3) is 0 Å². The Labute approximate surface area is 170 Å². The normalized spacial score (nSPS) is 11.7. The summed E-state index contributed by atoms with van der Waals surface area (Å²) in [5, 5.41) is 4.07. The van der Waals surface area contributed by atoms with E-state index in [-0.39, 0.29) is 29.5 Å². The third-order valence-corrected chi connectivity index (χ3v) is 3.93. The van der Waals surface area contributed by atoms with E-state index in [2.05, 4.69) is 15.4 Å². The predicted octanol–water partition coefficient (Wildman–Crippen LogP) is 5.34. The van der Waals surface area contributed by atoms with Crippen LogP contribution in [0.2, 0.25) is 5.02 Å². The maximum Gasteiger partial charge on any atom is 0.440 e. The van der Waals surface area contributed by atoms with Gasteiger partial charge in [-0.25, -0.2) is 4.79 Å². The lowest BCUT2D eigenvalue weighted by Crippen LogP contribution is -2.27. The zero-order valence-corrected chi connectivity index (χ0v) is 16.3. The highest BCUT2D eigenvalue weighted by Gasteiger charge is 2.33. The molecule has 0 aliphatic rings. The smallest absolute Gasteiger partial charge is 0.440 e. The highest BCUT2D eigenvalue weighted by atomic mass is 35.5. The summed E-state index contributed by atoms with van der Waals surface area (Å²) in [4.78, 5) is 21.5. The minimum Gasteiger partial charge on any atom is -0.448 e. The average molecular weight is 431 g/mol. The molecule has 29 heavy (non-hydrogen) atoms. The summed E-state index contributed by atoms with van der Waals surface area (Å²) in [6.45, 7) is 3.06. The quantitative estimate of drug-likeness (QED) is 0.475. The molecule has 2 aromatic carbocycles. The minimum absolute atomic E-state index is 0.0321. The summed E-state index contributed by atoms with van der Waals surface area (Å²) in [5.41, 5.74) is 2.15. The third-order valence-electron chi connectivity index (χ3n) is 3.61. The molecule has 0 aromatic heterocycles. The van der Waals surface area contributed by atoms with Crippen LogP contribution in [0.15, 0.2) is 47.6 Å². The number of nitrogens with zero attached hydrogens (tertiary/aromatic N) is 1. The fraction of sp³-hybridized carbons (Fsp3) is 0.263. The molecule has 0 saturated carbocycles. The molecule has 1 N–H and O–H groups in total. The van der Waals surface area contributed by atoms with E-state index in [0.717, 1.165) is 6.07 Å². The Morgan fingerprint density at radius 1 is 1.21 bits per heavy atom. The molecule has 0 aliphatic heterocycles. The molecule has 0 unspecified atom stereocenters. The van der Waals surface area contributed by atoms with E-state index in [0.29, 0.717) is 11.3 Å². The summed E-state index contributed by atoms with van der Waals surface area (Å²) in [6, 6.07) is 9.71. The first-order chi connectivity index (χ1) is 13.7. The Kier molecular flexibility index (Phi) is 7.72. The van der Waals surface area contributed by atoms with Gasteiger partial charge < -0.3 is 14.4 Å². The molecule has 0 saturated heterocycles. The van der Waals surface area contributed by atoms with Gasteiger partial charge in [-0.3, -0.25) is 0 Å². The van der Waals surface area contributed by atoms with Crippen LogP contribution in [0, 0.1) is 0 Å². The number of halogens is 4.